The van der Waals surface area contributed by atoms with Gasteiger partial charge in [-0.05, 0) is 119 Å². The van der Waals surface area contributed by atoms with Crippen molar-refractivity contribution in [2.24, 2.45) is 7.05 Å². The molecule has 0 spiro atoms. The molecule has 8 aromatic rings. The van der Waals surface area contributed by atoms with Crippen molar-refractivity contribution >= 4 is 16.4 Å². The predicted octanol–water partition coefficient (Wildman–Crippen LogP) is 7.29. The zero-order valence-corrected chi connectivity index (χ0v) is 36.8. The largest absolute Gasteiger partial charge is 0.438 e. The maximum atomic E-state index is 16.9. The van der Waals surface area contributed by atoms with Gasteiger partial charge in [-0.25, -0.2) is 27.4 Å². The second kappa shape index (κ2) is 14.5. The van der Waals surface area contributed by atoms with Gasteiger partial charge in [-0.2, -0.15) is 10.2 Å². The predicted molar refractivity (Wildman–Crippen MR) is 235 cm³/mol. The van der Waals surface area contributed by atoms with Crippen LogP contribution in [0.2, 0.25) is 0 Å². The van der Waals surface area contributed by atoms with Crippen LogP contribution in [0.3, 0.4) is 0 Å². The maximum absolute atomic E-state index is 16.9. The highest BCUT2D eigenvalue weighted by molar-refractivity contribution is 5.81. The normalized spacial score (nSPS) is 20.9. The smallest absolute Gasteiger partial charge is 0.376 e. The summed E-state index contributed by atoms with van der Waals surface area (Å²) in [4.78, 5) is 31.7. The van der Waals surface area contributed by atoms with Gasteiger partial charge in [0.2, 0.25) is 0 Å². The molecule has 1 saturated heterocycles. The molecule has 18 heteroatoms. The number of fused-ring (bicyclic) bond motifs is 3. The van der Waals surface area contributed by atoms with Gasteiger partial charge in [-0.1, -0.05) is 5.16 Å². The molecule has 15 nitrogen and oxygen atoms in total. The molecule has 8 heterocycles. The molecule has 4 aliphatic rings. The first-order valence-corrected chi connectivity index (χ1v) is 22.5. The number of aryl methyl sites for hydroxylation is 1. The van der Waals surface area contributed by atoms with Gasteiger partial charge in [0.25, 0.3) is 0 Å². The van der Waals surface area contributed by atoms with Crippen molar-refractivity contribution in [3.05, 3.63) is 145 Å². The quantitative estimate of drug-likeness (QED) is 0.152. The molecule has 1 unspecified atom stereocenters. The van der Waals surface area contributed by atoms with Gasteiger partial charge < -0.3 is 14.2 Å². The van der Waals surface area contributed by atoms with E-state index in [-0.39, 0.29) is 45.7 Å². The lowest BCUT2D eigenvalue weighted by Crippen LogP contribution is -2.38. The highest BCUT2D eigenvalue weighted by Crippen LogP contribution is 2.57. The first-order chi connectivity index (χ1) is 31.7. The molecule has 2 aliphatic carbocycles. The average Bonchev–Trinajstić information content (AvgIpc) is 4.03. The van der Waals surface area contributed by atoms with E-state index in [4.69, 9.17) is 14.4 Å². The monoisotopic (exact) mass is 900 g/mol. The van der Waals surface area contributed by atoms with Crippen LogP contribution >= 0.6 is 0 Å². The molecule has 0 amide bonds. The van der Waals surface area contributed by atoms with E-state index in [2.05, 4.69) is 15.2 Å². The van der Waals surface area contributed by atoms with Crippen molar-refractivity contribution in [3.8, 4) is 17.2 Å². The highest BCUT2D eigenvalue weighted by Gasteiger charge is 2.54. The summed E-state index contributed by atoms with van der Waals surface area (Å²) in [5.74, 6) is -1.38. The van der Waals surface area contributed by atoms with Gasteiger partial charge in [-0.15, -0.1) is 0 Å². The Kier molecular flexibility index (Phi) is 9.00. The first-order valence-electron chi connectivity index (χ1n) is 22.5. The number of imidazole rings is 1. The number of halogens is 3. The number of aromatic nitrogens is 9. The van der Waals surface area contributed by atoms with Crippen molar-refractivity contribution in [1.29, 1.82) is 0 Å². The average molecular weight is 901 g/mol. The number of benzene rings is 2. The van der Waals surface area contributed by atoms with Crippen molar-refractivity contribution in [2.75, 3.05) is 13.2 Å². The summed E-state index contributed by atoms with van der Waals surface area (Å²) in [7, 11) is 1.71. The lowest BCUT2D eigenvalue weighted by atomic mass is 9.84. The third-order valence-electron chi connectivity index (χ3n) is 14.6. The van der Waals surface area contributed by atoms with Gasteiger partial charge in [0.15, 0.2) is 11.6 Å². The van der Waals surface area contributed by atoms with E-state index in [9.17, 15) is 14.7 Å². The Morgan fingerprint density at radius 3 is 2.52 bits per heavy atom. The van der Waals surface area contributed by atoms with E-state index >= 15 is 13.2 Å². The molecule has 66 heavy (non-hydrogen) atoms. The zero-order valence-electron chi connectivity index (χ0n) is 36.8. The summed E-state index contributed by atoms with van der Waals surface area (Å²) in [5.41, 5.74) is 3.14. The molecule has 2 aromatic carbocycles. The van der Waals surface area contributed by atoms with E-state index in [0.717, 1.165) is 24.8 Å². The molecule has 0 bridgehead atoms. The second-order valence-corrected chi connectivity index (χ2v) is 19.2. The van der Waals surface area contributed by atoms with E-state index in [1.54, 1.807) is 57.5 Å². The van der Waals surface area contributed by atoms with Crippen LogP contribution in [0.5, 0.6) is 0 Å². The first kappa shape index (κ1) is 41.0. The summed E-state index contributed by atoms with van der Waals surface area (Å²) in [6.07, 6.45) is 11.4. The number of ether oxygens (including phenoxy) is 1. The molecule has 0 radical (unpaired) electrons. The number of nitrogens with zero attached hydrogens (tertiary/aromatic N) is 9. The summed E-state index contributed by atoms with van der Waals surface area (Å²) >= 11 is 0. The van der Waals surface area contributed by atoms with Gasteiger partial charge in [0, 0.05) is 74.1 Å². The minimum absolute atomic E-state index is 0.0359. The molecule has 3 atom stereocenters. The Bertz CT molecular complexity index is 3400. The topological polar surface area (TPSA) is 159 Å². The van der Waals surface area contributed by atoms with Crippen molar-refractivity contribution in [1.82, 2.24) is 48.1 Å². The van der Waals surface area contributed by atoms with Gasteiger partial charge in [-0.3, -0.25) is 28.2 Å². The third kappa shape index (κ3) is 6.24. The number of hydrogen-bond acceptors (Lipinski definition) is 9. The fourth-order valence-corrected chi connectivity index (χ4v) is 11.0. The van der Waals surface area contributed by atoms with Crippen molar-refractivity contribution in [3.63, 3.8) is 0 Å². The maximum Gasteiger partial charge on any atom is 0.438 e. The lowest BCUT2D eigenvalue weighted by Gasteiger charge is -2.37. The number of hydrogen-bond donors (Lipinski definition) is 2. The lowest BCUT2D eigenvalue weighted by molar-refractivity contribution is -0.0593. The third-order valence-corrected chi connectivity index (χ3v) is 14.6. The molecule has 2 aliphatic heterocycles. The SMILES string of the molecule is C[C@H]1c2c(nn(-c3ccc(F)c(C4CC4)c3)c2-n2ccn(-c3ccc4c(cnn4C)c3F)c2=O)CCN1C(O)c1cn2cc([C@H]3CCOC(C)(C)C3)cc(F)c2c1C1(c2noc(=O)[nH]2)CC1. The van der Waals surface area contributed by atoms with Crippen LogP contribution < -0.4 is 11.4 Å². The van der Waals surface area contributed by atoms with E-state index in [1.165, 1.54) is 33.7 Å². The van der Waals surface area contributed by atoms with Crippen LogP contribution in [0.15, 0.2) is 81.5 Å². The molecule has 2 saturated carbocycles. The van der Waals surface area contributed by atoms with Crippen molar-refractivity contribution in [2.45, 2.75) is 101 Å². The fourth-order valence-electron chi connectivity index (χ4n) is 11.0. The summed E-state index contributed by atoms with van der Waals surface area (Å²) < 4.78 is 66.9. The molecule has 12 rings (SSSR count). The molecule has 6 aromatic heterocycles. The van der Waals surface area contributed by atoms with Crippen LogP contribution in [0, 0.1) is 17.5 Å². The Morgan fingerprint density at radius 1 is 0.970 bits per heavy atom. The van der Waals surface area contributed by atoms with Crippen LogP contribution in [0.1, 0.15) is 123 Å². The van der Waals surface area contributed by atoms with Crippen molar-refractivity contribution < 1.29 is 27.5 Å². The minimum atomic E-state index is -1.32. The van der Waals surface area contributed by atoms with Gasteiger partial charge in [0.05, 0.1) is 50.7 Å². The van der Waals surface area contributed by atoms with E-state index in [0.29, 0.717) is 83.8 Å². The highest BCUT2D eigenvalue weighted by atomic mass is 19.1. The zero-order chi connectivity index (χ0) is 45.6. The van der Waals surface area contributed by atoms with E-state index < -0.39 is 40.8 Å². The molecule has 2 N–H and O–H groups in total. The fraction of sp³-hybridized carbons (Fsp3) is 0.396. The van der Waals surface area contributed by atoms with E-state index in [1.807, 2.05) is 31.9 Å². The number of aliphatic hydroxyl groups is 1. The molecular weight excluding hydrogens is 854 g/mol. The number of nitrogens with one attached hydrogen (secondary N) is 1. The summed E-state index contributed by atoms with van der Waals surface area (Å²) in [6, 6.07) is 9.03. The van der Waals surface area contributed by atoms with Crippen LogP contribution in [0.4, 0.5) is 13.2 Å². The molecule has 340 valence electrons. The number of pyridine rings is 1. The Balaban J connectivity index is 1.00. The number of H-pyrrole nitrogens is 1. The Labute approximate surface area is 374 Å². The Morgan fingerprint density at radius 2 is 1.77 bits per heavy atom. The standard InChI is InChI=1S/C48H47F3N10O5/c1-25-38-35(54-61(29-7-8-33(49)30(20-29)26-5-6-26)42(38)60-17-16-59(46(60)64)37-10-9-36-31(40(37)51)22-52-56(36)4)11-15-58(25)43(62)32-24-57-23-28(27-12-18-65-47(2,3)21-27)19-34(50)41(57)39(32)48(13-14-48)44-53-45(63)66-55-44/h7-10,16-17,19-20,22-27,43,62H,5-6,11-15,18,21H2,1-4H3,(H,53,55,63)/t25-,27-,43?/m0/s1. The van der Waals surface area contributed by atoms with Gasteiger partial charge >= 0.3 is 11.4 Å². The van der Waals surface area contributed by atoms with Crippen LogP contribution in [0.25, 0.3) is 33.6 Å². The molecule has 3 fully saturated rings. The summed E-state index contributed by atoms with van der Waals surface area (Å²) in [6.45, 7) is 6.85. The summed E-state index contributed by atoms with van der Waals surface area (Å²) in [5, 5.41) is 26.5. The number of rotatable bonds is 9. The van der Waals surface area contributed by atoms with Gasteiger partial charge in [0.1, 0.15) is 23.7 Å². The Hall–Kier alpha value is -6.50. The molecular formula is C48H47F3N10O5. The minimum Gasteiger partial charge on any atom is -0.376 e. The van der Waals surface area contributed by atoms with Crippen LogP contribution in [-0.2, 0) is 23.6 Å². The number of aromatic amines is 1. The second-order valence-electron chi connectivity index (χ2n) is 19.2. The van der Waals surface area contributed by atoms with Crippen LogP contribution in [-0.4, -0.2) is 72.0 Å². The number of aliphatic hydroxyl groups excluding tert-OH is 1.